The average Bonchev–Trinajstić information content (AvgIpc) is 2.39. The third kappa shape index (κ3) is 4.28. The second-order valence-electron chi connectivity index (χ2n) is 6.09. The molecule has 2 aromatic rings. The Hall–Kier alpha value is -2.43. The third-order valence-electron chi connectivity index (χ3n) is 2.89. The number of carbonyl (C=O) groups excluding carboxylic acids is 1. The standard InChI is InChI=1S/C17H19FN2O2/c1-17(2,3)22-16(21)15-14(19)9-12(10-20-15)8-11-4-6-13(18)7-5-11/h4-7,9-10H,8,19H2,1-3H3. The van der Waals surface area contributed by atoms with E-state index in [0.29, 0.717) is 6.42 Å². The van der Waals surface area contributed by atoms with Gasteiger partial charge >= 0.3 is 5.97 Å². The molecule has 0 saturated heterocycles. The van der Waals surface area contributed by atoms with Crippen molar-refractivity contribution >= 4 is 11.7 Å². The zero-order valence-corrected chi connectivity index (χ0v) is 12.9. The van der Waals surface area contributed by atoms with Crippen LogP contribution in [0.1, 0.15) is 42.4 Å². The lowest BCUT2D eigenvalue weighted by Gasteiger charge is -2.19. The number of carbonyl (C=O) groups is 1. The Morgan fingerprint density at radius 2 is 1.86 bits per heavy atom. The number of esters is 1. The van der Waals surface area contributed by atoms with Crippen molar-refractivity contribution in [3.63, 3.8) is 0 Å². The largest absolute Gasteiger partial charge is 0.455 e. The van der Waals surface area contributed by atoms with Gasteiger partial charge in [-0.15, -0.1) is 0 Å². The number of ether oxygens (including phenoxy) is 1. The molecule has 0 saturated carbocycles. The summed E-state index contributed by atoms with van der Waals surface area (Å²) < 4.78 is 18.1. The monoisotopic (exact) mass is 302 g/mol. The van der Waals surface area contributed by atoms with E-state index in [2.05, 4.69) is 4.98 Å². The fourth-order valence-corrected chi connectivity index (χ4v) is 1.96. The first-order chi connectivity index (χ1) is 10.2. The number of hydrogen-bond acceptors (Lipinski definition) is 4. The molecule has 1 aromatic carbocycles. The van der Waals surface area contributed by atoms with E-state index in [1.54, 1.807) is 45.2 Å². The molecule has 0 aliphatic heterocycles. The Kier molecular flexibility index (Phi) is 4.45. The number of nitrogen functional groups attached to an aromatic ring is 1. The van der Waals surface area contributed by atoms with Crippen LogP contribution in [0.2, 0.25) is 0 Å². The fourth-order valence-electron chi connectivity index (χ4n) is 1.96. The van der Waals surface area contributed by atoms with E-state index in [4.69, 9.17) is 10.5 Å². The van der Waals surface area contributed by atoms with Crippen molar-refractivity contribution in [2.45, 2.75) is 32.8 Å². The second-order valence-corrected chi connectivity index (χ2v) is 6.09. The van der Waals surface area contributed by atoms with Crippen LogP contribution in [0.5, 0.6) is 0 Å². The zero-order valence-electron chi connectivity index (χ0n) is 12.9. The van der Waals surface area contributed by atoms with Gasteiger partial charge in [0, 0.05) is 6.20 Å². The molecule has 0 fully saturated rings. The minimum atomic E-state index is -0.599. The molecule has 0 bridgehead atoms. The van der Waals surface area contributed by atoms with Crippen LogP contribution in [0.4, 0.5) is 10.1 Å². The quantitative estimate of drug-likeness (QED) is 0.883. The predicted octanol–water partition coefficient (Wildman–Crippen LogP) is 3.35. The molecule has 1 aromatic heterocycles. The fraction of sp³-hybridized carbons (Fsp3) is 0.294. The molecule has 4 nitrogen and oxygen atoms in total. The van der Waals surface area contributed by atoms with E-state index < -0.39 is 11.6 Å². The second kappa shape index (κ2) is 6.13. The summed E-state index contributed by atoms with van der Waals surface area (Å²) in [5, 5.41) is 0. The molecular formula is C17H19FN2O2. The number of anilines is 1. The summed E-state index contributed by atoms with van der Waals surface area (Å²) in [5.74, 6) is -0.819. The molecule has 0 atom stereocenters. The van der Waals surface area contributed by atoms with Gasteiger partial charge in [-0.1, -0.05) is 12.1 Å². The van der Waals surface area contributed by atoms with Crippen LogP contribution in [-0.2, 0) is 11.2 Å². The smallest absolute Gasteiger partial charge is 0.359 e. The Bertz CT molecular complexity index is 676. The van der Waals surface area contributed by atoms with Crippen LogP contribution in [0.15, 0.2) is 36.5 Å². The first-order valence-electron chi connectivity index (χ1n) is 6.97. The maximum Gasteiger partial charge on any atom is 0.359 e. The Morgan fingerprint density at radius 3 is 2.41 bits per heavy atom. The molecule has 2 rings (SSSR count). The van der Waals surface area contributed by atoms with Gasteiger partial charge < -0.3 is 10.5 Å². The maximum absolute atomic E-state index is 12.9. The maximum atomic E-state index is 12.9. The number of nitrogens with zero attached hydrogens (tertiary/aromatic N) is 1. The molecule has 116 valence electrons. The van der Waals surface area contributed by atoms with Gasteiger partial charge in [-0.05, 0) is 56.5 Å². The van der Waals surface area contributed by atoms with Crippen LogP contribution in [-0.4, -0.2) is 16.6 Å². The number of pyridine rings is 1. The van der Waals surface area contributed by atoms with Gasteiger partial charge in [-0.3, -0.25) is 0 Å². The van der Waals surface area contributed by atoms with Gasteiger partial charge in [0.25, 0.3) is 0 Å². The topological polar surface area (TPSA) is 65.2 Å². The van der Waals surface area contributed by atoms with Crippen LogP contribution in [0, 0.1) is 5.82 Å². The van der Waals surface area contributed by atoms with Crippen molar-refractivity contribution in [1.82, 2.24) is 4.98 Å². The van der Waals surface area contributed by atoms with Gasteiger partial charge in [-0.2, -0.15) is 0 Å². The van der Waals surface area contributed by atoms with E-state index in [-0.39, 0.29) is 17.2 Å². The van der Waals surface area contributed by atoms with Crippen molar-refractivity contribution in [2.75, 3.05) is 5.73 Å². The number of rotatable bonds is 3. The summed E-state index contributed by atoms with van der Waals surface area (Å²) >= 11 is 0. The van der Waals surface area contributed by atoms with Gasteiger partial charge in [0.05, 0.1) is 5.69 Å². The van der Waals surface area contributed by atoms with E-state index in [1.165, 1.54) is 12.1 Å². The van der Waals surface area contributed by atoms with Crippen LogP contribution < -0.4 is 5.73 Å². The highest BCUT2D eigenvalue weighted by Gasteiger charge is 2.21. The molecular weight excluding hydrogens is 283 g/mol. The molecule has 2 N–H and O–H groups in total. The average molecular weight is 302 g/mol. The van der Waals surface area contributed by atoms with E-state index in [9.17, 15) is 9.18 Å². The number of halogens is 1. The predicted molar refractivity (Wildman–Crippen MR) is 83.0 cm³/mol. The lowest BCUT2D eigenvalue weighted by atomic mass is 10.1. The molecule has 0 amide bonds. The third-order valence-corrected chi connectivity index (χ3v) is 2.89. The van der Waals surface area contributed by atoms with Gasteiger partial charge in [-0.25, -0.2) is 14.2 Å². The van der Waals surface area contributed by atoms with Gasteiger partial charge in [0.2, 0.25) is 0 Å². The summed E-state index contributed by atoms with van der Waals surface area (Å²) in [4.78, 5) is 16.1. The summed E-state index contributed by atoms with van der Waals surface area (Å²) in [5.41, 5.74) is 7.46. The summed E-state index contributed by atoms with van der Waals surface area (Å²) in [6.45, 7) is 5.35. The van der Waals surface area contributed by atoms with E-state index >= 15 is 0 Å². The number of nitrogens with two attached hydrogens (primary N) is 1. The lowest BCUT2D eigenvalue weighted by molar-refractivity contribution is 0.00642. The molecule has 22 heavy (non-hydrogen) atoms. The van der Waals surface area contributed by atoms with Crippen molar-refractivity contribution in [2.24, 2.45) is 0 Å². The van der Waals surface area contributed by atoms with Gasteiger partial charge in [0.1, 0.15) is 11.4 Å². The van der Waals surface area contributed by atoms with E-state index in [0.717, 1.165) is 11.1 Å². The molecule has 0 spiro atoms. The van der Waals surface area contributed by atoms with Crippen molar-refractivity contribution < 1.29 is 13.9 Å². The van der Waals surface area contributed by atoms with Crippen molar-refractivity contribution in [3.8, 4) is 0 Å². The molecule has 0 radical (unpaired) electrons. The molecule has 0 unspecified atom stereocenters. The zero-order chi connectivity index (χ0) is 16.3. The first-order valence-corrected chi connectivity index (χ1v) is 6.97. The highest BCUT2D eigenvalue weighted by atomic mass is 19.1. The Morgan fingerprint density at radius 1 is 1.23 bits per heavy atom. The number of aromatic nitrogens is 1. The molecule has 0 aliphatic carbocycles. The molecule has 5 heteroatoms. The highest BCUT2D eigenvalue weighted by molar-refractivity contribution is 5.93. The highest BCUT2D eigenvalue weighted by Crippen LogP contribution is 2.18. The number of hydrogen-bond donors (Lipinski definition) is 1. The molecule has 1 heterocycles. The normalized spacial score (nSPS) is 11.3. The van der Waals surface area contributed by atoms with Gasteiger partial charge in [0.15, 0.2) is 5.69 Å². The Balaban J connectivity index is 2.15. The van der Waals surface area contributed by atoms with Crippen LogP contribution in [0.3, 0.4) is 0 Å². The van der Waals surface area contributed by atoms with Crippen LogP contribution in [0.25, 0.3) is 0 Å². The van der Waals surface area contributed by atoms with E-state index in [1.807, 2.05) is 0 Å². The van der Waals surface area contributed by atoms with Crippen LogP contribution >= 0.6 is 0 Å². The summed E-state index contributed by atoms with van der Waals surface area (Å²) in [6, 6.07) is 7.90. The lowest BCUT2D eigenvalue weighted by Crippen LogP contribution is -2.25. The summed E-state index contributed by atoms with van der Waals surface area (Å²) in [6.07, 6.45) is 2.14. The number of benzene rings is 1. The molecule has 0 aliphatic rings. The van der Waals surface area contributed by atoms with Crippen molar-refractivity contribution in [3.05, 3.63) is 59.2 Å². The Labute approximate surface area is 129 Å². The first kappa shape index (κ1) is 15.9. The van der Waals surface area contributed by atoms with Crippen molar-refractivity contribution in [1.29, 1.82) is 0 Å². The summed E-state index contributed by atoms with van der Waals surface area (Å²) in [7, 11) is 0. The minimum Gasteiger partial charge on any atom is -0.455 e. The minimum absolute atomic E-state index is 0.109. The SMILES string of the molecule is CC(C)(C)OC(=O)c1ncc(Cc2ccc(F)cc2)cc1N.